The van der Waals surface area contributed by atoms with E-state index in [-0.39, 0.29) is 18.1 Å². The highest BCUT2D eigenvalue weighted by molar-refractivity contribution is 5.89. The third-order valence-electron chi connectivity index (χ3n) is 6.85. The summed E-state index contributed by atoms with van der Waals surface area (Å²) in [6.07, 6.45) is 0.957. The van der Waals surface area contributed by atoms with Gasteiger partial charge in [-0.15, -0.1) is 0 Å². The lowest BCUT2D eigenvalue weighted by Crippen LogP contribution is -2.41. The summed E-state index contributed by atoms with van der Waals surface area (Å²) < 4.78 is 11.3. The Labute approximate surface area is 212 Å². The Bertz CT molecular complexity index is 1350. The maximum Gasteiger partial charge on any atom is 0.337 e. The topological polar surface area (TPSA) is 50.8 Å². The normalized spacial score (nSPS) is 15.7. The van der Waals surface area contributed by atoms with Gasteiger partial charge in [0.2, 0.25) is 0 Å². The van der Waals surface area contributed by atoms with Crippen LogP contribution in [0.1, 0.15) is 40.9 Å². The van der Waals surface area contributed by atoms with Crippen LogP contribution >= 0.6 is 0 Å². The van der Waals surface area contributed by atoms with E-state index in [4.69, 9.17) is 9.47 Å². The van der Waals surface area contributed by atoms with Gasteiger partial charge in [-0.3, -0.25) is 0 Å². The van der Waals surface area contributed by atoms with Gasteiger partial charge in [-0.2, -0.15) is 0 Å². The highest BCUT2D eigenvalue weighted by Gasteiger charge is 2.25. The summed E-state index contributed by atoms with van der Waals surface area (Å²) in [5.41, 5.74) is 4.03. The first kappa shape index (κ1) is 23.9. The van der Waals surface area contributed by atoms with Gasteiger partial charge in [0.15, 0.2) is 0 Å². The van der Waals surface area contributed by atoms with E-state index in [0.29, 0.717) is 12.1 Å². The third-order valence-corrected chi connectivity index (χ3v) is 6.85. The molecule has 0 saturated carbocycles. The fourth-order valence-electron chi connectivity index (χ4n) is 5.01. The monoisotopic (exact) mass is 480 g/mol. The van der Waals surface area contributed by atoms with Gasteiger partial charge in [-0.05, 0) is 66.1 Å². The van der Waals surface area contributed by atoms with Gasteiger partial charge >= 0.3 is 5.97 Å². The Kier molecular flexibility index (Phi) is 7.19. The van der Waals surface area contributed by atoms with Gasteiger partial charge < -0.3 is 19.7 Å². The molecule has 4 aromatic rings. The van der Waals surface area contributed by atoms with Gasteiger partial charge in [-0.25, -0.2) is 4.79 Å². The molecule has 0 aliphatic carbocycles. The van der Waals surface area contributed by atoms with Crippen molar-refractivity contribution in [2.45, 2.75) is 32.0 Å². The van der Waals surface area contributed by atoms with Crippen LogP contribution in [-0.2, 0) is 11.3 Å². The first-order valence-corrected chi connectivity index (χ1v) is 12.5. The largest absolute Gasteiger partial charge is 0.486 e. The molecule has 0 saturated heterocycles. The number of anilines is 1. The minimum absolute atomic E-state index is 0.0657. The van der Waals surface area contributed by atoms with Crippen molar-refractivity contribution in [3.05, 3.63) is 108 Å². The van der Waals surface area contributed by atoms with Crippen molar-refractivity contribution >= 4 is 22.4 Å². The van der Waals surface area contributed by atoms with Gasteiger partial charge in [0.05, 0.1) is 24.9 Å². The zero-order chi connectivity index (χ0) is 24.9. The van der Waals surface area contributed by atoms with E-state index in [1.165, 1.54) is 23.4 Å². The van der Waals surface area contributed by atoms with Crippen LogP contribution in [0.2, 0.25) is 0 Å². The van der Waals surface area contributed by atoms with Crippen LogP contribution in [-0.4, -0.2) is 32.3 Å². The highest BCUT2D eigenvalue weighted by Crippen LogP contribution is 2.35. The number of para-hydroxylation sites is 2. The zero-order valence-electron chi connectivity index (χ0n) is 20.8. The van der Waals surface area contributed by atoms with E-state index in [0.717, 1.165) is 36.5 Å². The molecule has 2 atom stereocenters. The Morgan fingerprint density at radius 1 is 1.03 bits per heavy atom. The Morgan fingerprint density at radius 3 is 2.69 bits per heavy atom. The van der Waals surface area contributed by atoms with Gasteiger partial charge in [0.25, 0.3) is 0 Å². The van der Waals surface area contributed by atoms with Crippen LogP contribution in [0.5, 0.6) is 5.75 Å². The Morgan fingerprint density at radius 2 is 1.81 bits per heavy atom. The van der Waals surface area contributed by atoms with Crippen LogP contribution in [0.25, 0.3) is 10.8 Å². The summed E-state index contributed by atoms with van der Waals surface area (Å²) in [6, 6.07) is 31.1. The quantitative estimate of drug-likeness (QED) is 0.307. The zero-order valence-corrected chi connectivity index (χ0v) is 20.8. The van der Waals surface area contributed by atoms with Crippen molar-refractivity contribution in [2.75, 3.05) is 25.1 Å². The second kappa shape index (κ2) is 10.8. The fraction of sp³-hybridized carbons (Fsp3) is 0.258. The molecule has 0 fully saturated rings. The van der Waals surface area contributed by atoms with Crippen LogP contribution in [0.4, 0.5) is 5.69 Å². The summed E-state index contributed by atoms with van der Waals surface area (Å²) in [4.78, 5) is 14.3. The Balaban J connectivity index is 1.26. The standard InChI is InChI=1S/C31H32N2O3/c1-22(27-14-8-11-24-10-3-4-13-28(24)27)32-18-17-26-21-33(29-15-5-6-16-30(29)36-26)20-23-9-7-12-25(19-23)31(34)35-2/h3-16,19,22,26,32H,17-18,20-21H2,1-2H3. The second-order valence-corrected chi connectivity index (χ2v) is 9.31. The molecule has 184 valence electrons. The molecule has 0 amide bonds. The van der Waals surface area contributed by atoms with Crippen LogP contribution in [0.3, 0.4) is 0 Å². The number of rotatable bonds is 8. The van der Waals surface area contributed by atoms with Gasteiger partial charge in [0, 0.05) is 12.6 Å². The van der Waals surface area contributed by atoms with Crippen LogP contribution in [0.15, 0.2) is 91.0 Å². The number of carbonyl (C=O) groups excluding carboxylic acids is 1. The van der Waals surface area contributed by atoms with Gasteiger partial charge in [0.1, 0.15) is 11.9 Å². The summed E-state index contributed by atoms with van der Waals surface area (Å²) in [6.45, 7) is 4.55. The number of hydrogen-bond donors (Lipinski definition) is 1. The average molecular weight is 481 g/mol. The second-order valence-electron chi connectivity index (χ2n) is 9.31. The molecule has 1 aliphatic rings. The van der Waals surface area contributed by atoms with E-state index in [1.54, 1.807) is 6.07 Å². The summed E-state index contributed by atoms with van der Waals surface area (Å²) in [5.74, 6) is 0.587. The number of nitrogens with one attached hydrogen (secondary N) is 1. The number of fused-ring (bicyclic) bond motifs is 2. The van der Waals surface area contributed by atoms with E-state index in [9.17, 15) is 4.79 Å². The lowest BCUT2D eigenvalue weighted by Gasteiger charge is -2.36. The van der Waals surface area contributed by atoms with Crippen molar-refractivity contribution < 1.29 is 14.3 Å². The predicted octanol–water partition coefficient (Wildman–Crippen LogP) is 6.13. The first-order chi connectivity index (χ1) is 17.6. The summed E-state index contributed by atoms with van der Waals surface area (Å²) >= 11 is 0. The van der Waals surface area contributed by atoms with Crippen molar-refractivity contribution in [3.8, 4) is 5.75 Å². The van der Waals surface area contributed by atoms with Crippen LogP contribution < -0.4 is 15.0 Å². The maximum atomic E-state index is 12.0. The number of hydrogen-bond acceptors (Lipinski definition) is 5. The first-order valence-electron chi connectivity index (χ1n) is 12.5. The van der Waals surface area contributed by atoms with Crippen LogP contribution in [0, 0.1) is 0 Å². The molecule has 1 N–H and O–H groups in total. The van der Waals surface area contributed by atoms with Gasteiger partial charge in [-0.1, -0.05) is 66.7 Å². The summed E-state index contributed by atoms with van der Waals surface area (Å²) in [5, 5.41) is 6.26. The van der Waals surface area contributed by atoms with E-state index < -0.39 is 0 Å². The molecule has 36 heavy (non-hydrogen) atoms. The number of methoxy groups -OCH3 is 1. The number of benzene rings is 4. The molecular weight excluding hydrogens is 448 g/mol. The number of carbonyl (C=O) groups is 1. The lowest BCUT2D eigenvalue weighted by atomic mass is 9.99. The lowest BCUT2D eigenvalue weighted by molar-refractivity contribution is 0.0600. The average Bonchev–Trinajstić information content (AvgIpc) is 2.92. The molecule has 0 spiro atoms. The molecule has 5 heteroatoms. The van der Waals surface area contributed by atoms with E-state index in [2.05, 4.69) is 65.7 Å². The molecule has 1 aliphatic heterocycles. The molecule has 5 rings (SSSR count). The minimum Gasteiger partial charge on any atom is -0.486 e. The molecule has 4 aromatic carbocycles. The molecule has 5 nitrogen and oxygen atoms in total. The molecule has 2 unspecified atom stereocenters. The Hall–Kier alpha value is -3.83. The molecule has 0 radical (unpaired) electrons. The minimum atomic E-state index is -0.316. The fourth-order valence-corrected chi connectivity index (χ4v) is 5.01. The molecule has 1 heterocycles. The smallest absolute Gasteiger partial charge is 0.337 e. The molecule has 0 bridgehead atoms. The third kappa shape index (κ3) is 5.21. The van der Waals surface area contributed by atoms with Crippen molar-refractivity contribution in [3.63, 3.8) is 0 Å². The van der Waals surface area contributed by atoms with E-state index in [1.807, 2.05) is 36.4 Å². The molecule has 0 aromatic heterocycles. The number of ether oxygens (including phenoxy) is 2. The molecular formula is C31H32N2O3. The predicted molar refractivity (Wildman–Crippen MR) is 145 cm³/mol. The number of esters is 1. The van der Waals surface area contributed by atoms with Crippen molar-refractivity contribution in [1.82, 2.24) is 5.32 Å². The van der Waals surface area contributed by atoms with Crippen molar-refractivity contribution in [2.24, 2.45) is 0 Å². The number of nitrogens with zero attached hydrogens (tertiary/aromatic N) is 1. The highest BCUT2D eigenvalue weighted by atomic mass is 16.5. The SMILES string of the molecule is COC(=O)c1cccc(CN2CC(CCNC(C)c3cccc4ccccc34)Oc3ccccc32)c1. The van der Waals surface area contributed by atoms with E-state index >= 15 is 0 Å². The maximum absolute atomic E-state index is 12.0. The van der Waals surface area contributed by atoms with Crippen molar-refractivity contribution in [1.29, 1.82) is 0 Å². The summed E-state index contributed by atoms with van der Waals surface area (Å²) in [7, 11) is 1.41.